The molecule has 24 heavy (non-hydrogen) atoms. The van der Waals surface area contributed by atoms with Crippen molar-refractivity contribution < 1.29 is 14.3 Å². The van der Waals surface area contributed by atoms with Gasteiger partial charge in [0.1, 0.15) is 17.7 Å². The van der Waals surface area contributed by atoms with Crippen LogP contribution in [0.25, 0.3) is 0 Å². The van der Waals surface area contributed by atoms with Gasteiger partial charge in [-0.25, -0.2) is 0 Å². The average molecular weight is 391 g/mol. The lowest BCUT2D eigenvalue weighted by Gasteiger charge is -2.24. The number of hydrogen-bond donors (Lipinski definition) is 1. The fraction of sp³-hybridized carbons (Fsp3) is 0.278. The fourth-order valence-corrected chi connectivity index (χ4v) is 3.08. The Morgan fingerprint density at radius 3 is 2.33 bits per heavy atom. The number of halogens is 1. The Labute approximate surface area is 149 Å². The maximum Gasteiger partial charge on any atom is 0.235 e. The van der Waals surface area contributed by atoms with Gasteiger partial charge < -0.3 is 14.8 Å². The molecule has 0 radical (unpaired) electrons. The first kappa shape index (κ1) is 16.8. The van der Waals surface area contributed by atoms with E-state index < -0.39 is 0 Å². The SMILES string of the molecule is COc1cc(OC)cc([C@@H]2NC(=O)CN2Cc2ccc(Br)cc2)c1. The molecular formula is C18H19BrN2O3. The summed E-state index contributed by atoms with van der Waals surface area (Å²) in [6.07, 6.45) is -0.204. The van der Waals surface area contributed by atoms with E-state index in [9.17, 15) is 4.79 Å². The molecule has 1 heterocycles. The first-order valence-electron chi connectivity index (χ1n) is 7.60. The number of benzene rings is 2. The molecule has 0 bridgehead atoms. The van der Waals surface area contributed by atoms with E-state index in [4.69, 9.17) is 9.47 Å². The van der Waals surface area contributed by atoms with Gasteiger partial charge in [-0.2, -0.15) is 0 Å². The highest BCUT2D eigenvalue weighted by Gasteiger charge is 2.31. The number of methoxy groups -OCH3 is 2. The van der Waals surface area contributed by atoms with Crippen LogP contribution in [0, 0.1) is 0 Å². The topological polar surface area (TPSA) is 50.8 Å². The highest BCUT2D eigenvalue weighted by Crippen LogP contribution is 2.31. The minimum Gasteiger partial charge on any atom is -0.497 e. The van der Waals surface area contributed by atoms with Crippen molar-refractivity contribution in [3.05, 3.63) is 58.1 Å². The van der Waals surface area contributed by atoms with Gasteiger partial charge in [0.25, 0.3) is 0 Å². The molecule has 0 unspecified atom stereocenters. The van der Waals surface area contributed by atoms with Gasteiger partial charge in [0.15, 0.2) is 0 Å². The van der Waals surface area contributed by atoms with Gasteiger partial charge in [0.05, 0.1) is 20.8 Å². The number of amides is 1. The highest BCUT2D eigenvalue weighted by molar-refractivity contribution is 9.10. The zero-order valence-corrected chi connectivity index (χ0v) is 15.2. The molecule has 0 spiro atoms. The molecule has 1 fully saturated rings. The third-order valence-electron chi connectivity index (χ3n) is 4.00. The van der Waals surface area contributed by atoms with Gasteiger partial charge in [-0.3, -0.25) is 9.69 Å². The predicted octanol–water partition coefficient (Wildman–Crippen LogP) is 3.10. The van der Waals surface area contributed by atoms with Crippen molar-refractivity contribution in [2.45, 2.75) is 12.7 Å². The second-order valence-corrected chi connectivity index (χ2v) is 6.56. The van der Waals surface area contributed by atoms with E-state index in [-0.39, 0.29) is 12.1 Å². The molecule has 126 valence electrons. The van der Waals surface area contributed by atoms with Gasteiger partial charge >= 0.3 is 0 Å². The average Bonchev–Trinajstić information content (AvgIpc) is 2.96. The summed E-state index contributed by atoms with van der Waals surface area (Å²) in [7, 11) is 3.23. The molecule has 5 nitrogen and oxygen atoms in total. The molecule has 1 aliphatic rings. The Morgan fingerprint density at radius 2 is 1.75 bits per heavy atom. The number of rotatable bonds is 5. The van der Waals surface area contributed by atoms with Crippen LogP contribution in [0.2, 0.25) is 0 Å². The van der Waals surface area contributed by atoms with Crippen LogP contribution in [0.15, 0.2) is 46.9 Å². The predicted molar refractivity (Wildman–Crippen MR) is 95.0 cm³/mol. The van der Waals surface area contributed by atoms with Crippen molar-refractivity contribution in [1.29, 1.82) is 0 Å². The van der Waals surface area contributed by atoms with E-state index >= 15 is 0 Å². The molecular weight excluding hydrogens is 372 g/mol. The number of nitrogens with one attached hydrogen (secondary N) is 1. The lowest BCUT2D eigenvalue weighted by Crippen LogP contribution is -2.27. The molecule has 0 aliphatic carbocycles. The van der Waals surface area contributed by atoms with Crippen molar-refractivity contribution in [2.24, 2.45) is 0 Å². The maximum atomic E-state index is 12.0. The summed E-state index contributed by atoms with van der Waals surface area (Å²) in [6.45, 7) is 1.04. The lowest BCUT2D eigenvalue weighted by molar-refractivity contribution is -0.118. The van der Waals surface area contributed by atoms with Crippen LogP contribution >= 0.6 is 15.9 Å². The van der Waals surface area contributed by atoms with Crippen LogP contribution in [-0.4, -0.2) is 31.6 Å². The lowest BCUT2D eigenvalue weighted by atomic mass is 10.1. The molecule has 2 aromatic carbocycles. The van der Waals surface area contributed by atoms with Crippen LogP contribution in [0.5, 0.6) is 11.5 Å². The molecule has 1 atom stereocenters. The summed E-state index contributed by atoms with van der Waals surface area (Å²) in [6, 6.07) is 13.8. The maximum absolute atomic E-state index is 12.0. The van der Waals surface area contributed by atoms with Gasteiger partial charge in [-0.1, -0.05) is 28.1 Å². The zero-order chi connectivity index (χ0) is 17.1. The van der Waals surface area contributed by atoms with E-state index in [2.05, 4.69) is 38.3 Å². The van der Waals surface area contributed by atoms with Gasteiger partial charge in [-0.05, 0) is 35.4 Å². The summed E-state index contributed by atoms with van der Waals surface area (Å²) < 4.78 is 11.7. The largest absolute Gasteiger partial charge is 0.497 e. The minimum absolute atomic E-state index is 0.0129. The van der Waals surface area contributed by atoms with Gasteiger partial charge in [0.2, 0.25) is 5.91 Å². The van der Waals surface area contributed by atoms with Crippen LogP contribution in [-0.2, 0) is 11.3 Å². The van der Waals surface area contributed by atoms with Crippen LogP contribution in [0.1, 0.15) is 17.3 Å². The summed E-state index contributed by atoms with van der Waals surface area (Å²) >= 11 is 3.44. The second-order valence-electron chi connectivity index (χ2n) is 5.65. The number of hydrogen-bond acceptors (Lipinski definition) is 4. The Morgan fingerprint density at radius 1 is 1.12 bits per heavy atom. The molecule has 1 amide bonds. The highest BCUT2D eigenvalue weighted by atomic mass is 79.9. The third kappa shape index (κ3) is 3.71. The Hall–Kier alpha value is -2.05. The van der Waals surface area contributed by atoms with Gasteiger partial charge in [-0.15, -0.1) is 0 Å². The van der Waals surface area contributed by atoms with Crippen LogP contribution in [0.3, 0.4) is 0 Å². The van der Waals surface area contributed by atoms with Crippen molar-refractivity contribution in [3.8, 4) is 11.5 Å². The molecule has 1 saturated heterocycles. The second kappa shape index (κ2) is 7.23. The Kier molecular flexibility index (Phi) is 5.06. The molecule has 1 N–H and O–H groups in total. The van der Waals surface area contributed by atoms with Crippen molar-refractivity contribution in [3.63, 3.8) is 0 Å². The van der Waals surface area contributed by atoms with Crippen molar-refractivity contribution in [1.82, 2.24) is 10.2 Å². The quantitative estimate of drug-likeness (QED) is 0.851. The van der Waals surface area contributed by atoms with E-state index in [1.54, 1.807) is 14.2 Å². The molecule has 0 aromatic heterocycles. The summed E-state index contributed by atoms with van der Waals surface area (Å²) in [5, 5.41) is 3.02. The van der Waals surface area contributed by atoms with Crippen LogP contribution < -0.4 is 14.8 Å². The van der Waals surface area contributed by atoms with Crippen LogP contribution in [0.4, 0.5) is 0 Å². The normalized spacial score (nSPS) is 17.6. The molecule has 0 saturated carbocycles. The van der Waals surface area contributed by atoms with E-state index in [0.717, 1.165) is 15.6 Å². The number of carbonyl (C=O) groups excluding carboxylic acids is 1. The van der Waals surface area contributed by atoms with E-state index in [1.165, 1.54) is 0 Å². The van der Waals surface area contributed by atoms with Crippen molar-refractivity contribution in [2.75, 3.05) is 20.8 Å². The monoisotopic (exact) mass is 390 g/mol. The molecule has 1 aliphatic heterocycles. The Bertz CT molecular complexity index is 711. The van der Waals surface area contributed by atoms with Gasteiger partial charge in [0, 0.05) is 17.1 Å². The summed E-state index contributed by atoms with van der Waals surface area (Å²) in [5.41, 5.74) is 2.09. The number of carbonyl (C=O) groups is 1. The summed E-state index contributed by atoms with van der Waals surface area (Å²) in [5.74, 6) is 1.42. The minimum atomic E-state index is -0.204. The Balaban J connectivity index is 1.87. The standard InChI is InChI=1S/C18H19BrN2O3/c1-23-15-7-13(8-16(9-15)24-2)18-20-17(22)11-21(18)10-12-3-5-14(19)6-4-12/h3-9,18H,10-11H2,1-2H3,(H,20,22)/t18-/m1/s1. The first-order valence-corrected chi connectivity index (χ1v) is 8.39. The summed E-state index contributed by atoms with van der Waals surface area (Å²) in [4.78, 5) is 14.1. The van der Waals surface area contributed by atoms with E-state index in [0.29, 0.717) is 24.6 Å². The molecule has 6 heteroatoms. The number of ether oxygens (including phenoxy) is 2. The zero-order valence-electron chi connectivity index (χ0n) is 13.6. The number of nitrogens with zero attached hydrogens (tertiary/aromatic N) is 1. The fourth-order valence-electron chi connectivity index (χ4n) is 2.82. The smallest absolute Gasteiger partial charge is 0.235 e. The molecule has 3 rings (SSSR count). The van der Waals surface area contributed by atoms with Crippen molar-refractivity contribution >= 4 is 21.8 Å². The first-order chi connectivity index (χ1) is 11.6. The third-order valence-corrected chi connectivity index (χ3v) is 4.53. The van der Waals surface area contributed by atoms with E-state index in [1.807, 2.05) is 30.3 Å². The molecule has 2 aromatic rings.